The van der Waals surface area contributed by atoms with Crippen LogP contribution < -0.4 is 5.73 Å². The van der Waals surface area contributed by atoms with Crippen LogP contribution in [-0.2, 0) is 4.79 Å². The number of hydrogen-bond donors (Lipinski definition) is 1. The van der Waals surface area contributed by atoms with Crippen LogP contribution in [0.1, 0.15) is 19.3 Å². The normalized spacial score (nSPS) is 20.4. The van der Waals surface area contributed by atoms with E-state index in [2.05, 4.69) is 20.8 Å². The second-order valence-electron chi connectivity index (χ2n) is 3.64. The molecule has 0 radical (unpaired) electrons. The molecule has 0 atom stereocenters. The number of nitrogens with zero attached hydrogens (tertiary/aromatic N) is 1. The summed E-state index contributed by atoms with van der Waals surface area (Å²) >= 11 is 3.42. The second-order valence-corrected chi connectivity index (χ2v) is 4.44. The van der Waals surface area contributed by atoms with Crippen molar-refractivity contribution in [1.29, 1.82) is 0 Å². The van der Waals surface area contributed by atoms with Gasteiger partial charge in [0.1, 0.15) is 0 Å². The van der Waals surface area contributed by atoms with Gasteiger partial charge in [0.15, 0.2) is 0 Å². The molecule has 1 rings (SSSR count). The van der Waals surface area contributed by atoms with E-state index in [1.807, 2.05) is 0 Å². The largest absolute Gasteiger partial charge is 0.370 e. The molecular weight excluding hydrogens is 232 g/mol. The van der Waals surface area contributed by atoms with Crippen LogP contribution in [0.4, 0.5) is 0 Å². The molecule has 1 aliphatic heterocycles. The molecule has 4 heteroatoms. The molecule has 3 nitrogen and oxygen atoms in total. The van der Waals surface area contributed by atoms with Crippen molar-refractivity contribution in [3.63, 3.8) is 0 Å². The average molecular weight is 249 g/mol. The third-order valence-corrected chi connectivity index (χ3v) is 2.95. The van der Waals surface area contributed by atoms with Gasteiger partial charge < -0.3 is 10.6 Å². The van der Waals surface area contributed by atoms with Crippen molar-refractivity contribution < 1.29 is 4.79 Å². The number of alkyl halides is 1. The molecule has 0 bridgehead atoms. The Kier molecular flexibility index (Phi) is 4.73. The molecule has 1 fully saturated rings. The molecule has 0 aromatic rings. The third-order valence-electron chi connectivity index (χ3n) is 2.60. The summed E-state index contributed by atoms with van der Waals surface area (Å²) in [5.41, 5.74) is 5.16. The number of likely N-dealkylation sites (tertiary alicyclic amines) is 1. The standard InChI is InChI=1S/C9H17BrN2O/c10-3-6-12-4-1-8(2-5-12)7-9(11)13/h8H,1-7H2,(H2,11,13). The van der Waals surface area contributed by atoms with E-state index in [0.29, 0.717) is 12.3 Å². The van der Waals surface area contributed by atoms with E-state index in [1.54, 1.807) is 0 Å². The number of carbonyl (C=O) groups excluding carboxylic acids is 1. The van der Waals surface area contributed by atoms with Gasteiger partial charge in [0, 0.05) is 18.3 Å². The lowest BCUT2D eigenvalue weighted by Gasteiger charge is -2.30. The first-order valence-electron chi connectivity index (χ1n) is 4.79. The molecule has 1 saturated heterocycles. The van der Waals surface area contributed by atoms with E-state index in [-0.39, 0.29) is 5.91 Å². The minimum absolute atomic E-state index is 0.154. The Morgan fingerprint density at radius 3 is 2.54 bits per heavy atom. The van der Waals surface area contributed by atoms with Gasteiger partial charge in [-0.15, -0.1) is 0 Å². The highest BCUT2D eigenvalue weighted by molar-refractivity contribution is 9.09. The number of hydrogen-bond acceptors (Lipinski definition) is 2. The van der Waals surface area contributed by atoms with Crippen molar-refractivity contribution in [3.05, 3.63) is 0 Å². The van der Waals surface area contributed by atoms with Gasteiger partial charge >= 0.3 is 0 Å². The average Bonchev–Trinajstić information content (AvgIpc) is 2.08. The van der Waals surface area contributed by atoms with Gasteiger partial charge in [-0.05, 0) is 31.8 Å². The summed E-state index contributed by atoms with van der Waals surface area (Å²) in [5.74, 6) is 0.378. The van der Waals surface area contributed by atoms with Crippen LogP contribution in [0.2, 0.25) is 0 Å². The Labute approximate surface area is 87.8 Å². The maximum absolute atomic E-state index is 10.7. The molecule has 0 aliphatic carbocycles. The summed E-state index contributed by atoms with van der Waals surface area (Å²) in [6.45, 7) is 3.34. The number of primary amides is 1. The summed E-state index contributed by atoms with van der Waals surface area (Å²) in [4.78, 5) is 13.1. The lowest BCUT2D eigenvalue weighted by molar-refractivity contribution is -0.119. The van der Waals surface area contributed by atoms with Gasteiger partial charge in [0.25, 0.3) is 0 Å². The predicted molar refractivity (Wildman–Crippen MR) is 56.8 cm³/mol. The van der Waals surface area contributed by atoms with Gasteiger partial charge in [-0.3, -0.25) is 4.79 Å². The number of piperidine rings is 1. The quantitative estimate of drug-likeness (QED) is 0.754. The van der Waals surface area contributed by atoms with Crippen LogP contribution >= 0.6 is 15.9 Å². The molecule has 0 spiro atoms. The van der Waals surface area contributed by atoms with E-state index in [4.69, 9.17) is 5.73 Å². The predicted octanol–water partition coefficient (Wildman–Crippen LogP) is 0.969. The fraction of sp³-hybridized carbons (Fsp3) is 0.889. The SMILES string of the molecule is NC(=O)CC1CCN(CCBr)CC1. The zero-order valence-corrected chi connectivity index (χ0v) is 9.42. The lowest BCUT2D eigenvalue weighted by atomic mass is 9.93. The molecule has 13 heavy (non-hydrogen) atoms. The maximum atomic E-state index is 10.7. The summed E-state index contributed by atoms with van der Waals surface area (Å²) in [6.07, 6.45) is 2.81. The summed E-state index contributed by atoms with van der Waals surface area (Å²) < 4.78 is 0. The topological polar surface area (TPSA) is 46.3 Å². The molecule has 2 N–H and O–H groups in total. The summed E-state index contributed by atoms with van der Waals surface area (Å²) in [7, 11) is 0. The molecule has 0 aromatic heterocycles. The molecule has 76 valence electrons. The lowest BCUT2D eigenvalue weighted by Crippen LogP contribution is -2.36. The Morgan fingerprint density at radius 1 is 1.46 bits per heavy atom. The van der Waals surface area contributed by atoms with Crippen molar-refractivity contribution in [2.45, 2.75) is 19.3 Å². The van der Waals surface area contributed by atoms with Gasteiger partial charge in [0.2, 0.25) is 5.91 Å². The van der Waals surface area contributed by atoms with Gasteiger partial charge in [-0.2, -0.15) is 0 Å². The van der Waals surface area contributed by atoms with Crippen LogP contribution in [0.15, 0.2) is 0 Å². The first-order chi connectivity index (χ1) is 6.22. The van der Waals surface area contributed by atoms with Crippen LogP contribution in [0.3, 0.4) is 0 Å². The number of halogens is 1. The van der Waals surface area contributed by atoms with Crippen LogP contribution in [0, 0.1) is 5.92 Å². The molecule has 0 unspecified atom stereocenters. The molecule has 0 saturated carbocycles. The second kappa shape index (κ2) is 5.60. The molecule has 0 aromatic carbocycles. The molecular formula is C9H17BrN2O. The van der Waals surface area contributed by atoms with Crippen LogP contribution in [-0.4, -0.2) is 35.8 Å². The monoisotopic (exact) mass is 248 g/mol. The highest BCUT2D eigenvalue weighted by Crippen LogP contribution is 2.19. The minimum atomic E-state index is -0.154. The first kappa shape index (κ1) is 11.0. The van der Waals surface area contributed by atoms with Crippen molar-refractivity contribution in [2.24, 2.45) is 11.7 Å². The van der Waals surface area contributed by atoms with E-state index < -0.39 is 0 Å². The zero-order valence-electron chi connectivity index (χ0n) is 7.84. The van der Waals surface area contributed by atoms with E-state index in [0.717, 1.165) is 37.8 Å². The highest BCUT2D eigenvalue weighted by atomic mass is 79.9. The van der Waals surface area contributed by atoms with E-state index in [1.165, 1.54) is 0 Å². The van der Waals surface area contributed by atoms with Gasteiger partial charge in [0.05, 0.1) is 0 Å². The Hall–Kier alpha value is -0.0900. The van der Waals surface area contributed by atoms with Crippen LogP contribution in [0.5, 0.6) is 0 Å². The first-order valence-corrected chi connectivity index (χ1v) is 5.91. The number of nitrogens with two attached hydrogens (primary N) is 1. The molecule has 1 heterocycles. The number of rotatable bonds is 4. The Bertz CT molecular complexity index is 167. The van der Waals surface area contributed by atoms with E-state index in [9.17, 15) is 4.79 Å². The van der Waals surface area contributed by atoms with Gasteiger partial charge in [-0.1, -0.05) is 15.9 Å². The minimum Gasteiger partial charge on any atom is -0.370 e. The number of carbonyl (C=O) groups is 1. The Balaban J connectivity index is 2.18. The summed E-state index contributed by atoms with van der Waals surface area (Å²) in [6, 6.07) is 0. The van der Waals surface area contributed by atoms with Crippen molar-refractivity contribution in [3.8, 4) is 0 Å². The van der Waals surface area contributed by atoms with Crippen molar-refractivity contribution in [1.82, 2.24) is 4.90 Å². The smallest absolute Gasteiger partial charge is 0.217 e. The maximum Gasteiger partial charge on any atom is 0.217 e. The van der Waals surface area contributed by atoms with Crippen molar-refractivity contribution >= 4 is 21.8 Å². The van der Waals surface area contributed by atoms with Crippen LogP contribution in [0.25, 0.3) is 0 Å². The summed E-state index contributed by atoms with van der Waals surface area (Å²) in [5, 5.41) is 1.04. The highest BCUT2D eigenvalue weighted by Gasteiger charge is 2.19. The van der Waals surface area contributed by atoms with Gasteiger partial charge in [-0.25, -0.2) is 0 Å². The fourth-order valence-electron chi connectivity index (χ4n) is 1.82. The number of amides is 1. The van der Waals surface area contributed by atoms with E-state index >= 15 is 0 Å². The molecule has 1 amide bonds. The zero-order chi connectivity index (χ0) is 9.68. The third kappa shape index (κ3) is 4.09. The Morgan fingerprint density at radius 2 is 2.08 bits per heavy atom. The molecule has 1 aliphatic rings. The fourth-order valence-corrected chi connectivity index (χ4v) is 2.32. The van der Waals surface area contributed by atoms with Crippen molar-refractivity contribution in [2.75, 3.05) is 25.0 Å².